The average molecular weight is 493 g/mol. The Morgan fingerprint density at radius 3 is 2.26 bits per heavy atom. The van der Waals surface area contributed by atoms with Gasteiger partial charge in [-0.3, -0.25) is 14.7 Å². The Morgan fingerprint density at radius 2 is 1.74 bits per heavy atom. The summed E-state index contributed by atoms with van der Waals surface area (Å²) in [5.41, 5.74) is 0.194. The predicted octanol–water partition coefficient (Wildman–Crippen LogP) is 1.23. The van der Waals surface area contributed by atoms with E-state index in [0.29, 0.717) is 5.91 Å². The van der Waals surface area contributed by atoms with E-state index in [9.17, 15) is 4.79 Å². The van der Waals surface area contributed by atoms with Crippen LogP contribution in [-0.4, -0.2) is 98.2 Å². The van der Waals surface area contributed by atoms with Gasteiger partial charge in [0.1, 0.15) is 0 Å². The molecular formula is C19H36IN5O2. The molecule has 0 aromatic carbocycles. The van der Waals surface area contributed by atoms with Crippen molar-refractivity contribution in [2.24, 2.45) is 10.4 Å². The highest BCUT2D eigenvalue weighted by Gasteiger charge is 2.34. The van der Waals surface area contributed by atoms with Gasteiger partial charge in [0.25, 0.3) is 0 Å². The van der Waals surface area contributed by atoms with Crippen LogP contribution in [0.15, 0.2) is 4.99 Å². The minimum absolute atomic E-state index is 0. The number of likely N-dealkylation sites (tertiary alicyclic amines) is 1. The van der Waals surface area contributed by atoms with Crippen molar-refractivity contribution < 1.29 is 9.53 Å². The maximum absolute atomic E-state index is 12.6. The number of aliphatic imine (C=N–C) groups is 1. The lowest BCUT2D eigenvalue weighted by Crippen LogP contribution is -2.57. The van der Waals surface area contributed by atoms with E-state index in [-0.39, 0.29) is 35.4 Å². The van der Waals surface area contributed by atoms with Crippen molar-refractivity contribution in [3.63, 3.8) is 0 Å². The summed E-state index contributed by atoms with van der Waals surface area (Å²) < 4.78 is 5.33. The lowest BCUT2D eigenvalue weighted by molar-refractivity contribution is -0.135. The van der Waals surface area contributed by atoms with E-state index in [0.717, 1.165) is 84.4 Å². The summed E-state index contributed by atoms with van der Waals surface area (Å²) in [4.78, 5) is 24.2. The van der Waals surface area contributed by atoms with Gasteiger partial charge in [-0.05, 0) is 26.7 Å². The number of ether oxygens (including phenoxy) is 1. The topological polar surface area (TPSA) is 60.4 Å². The van der Waals surface area contributed by atoms with E-state index >= 15 is 0 Å². The summed E-state index contributed by atoms with van der Waals surface area (Å²) in [5.74, 6) is 1.30. The molecule has 7 nitrogen and oxygen atoms in total. The molecule has 0 radical (unpaired) electrons. The van der Waals surface area contributed by atoms with Crippen LogP contribution in [0.3, 0.4) is 0 Å². The second-order valence-corrected chi connectivity index (χ2v) is 8.21. The lowest BCUT2D eigenvalue weighted by Gasteiger charge is -2.40. The highest BCUT2D eigenvalue weighted by atomic mass is 127. The molecule has 3 aliphatic rings. The van der Waals surface area contributed by atoms with Crippen molar-refractivity contribution in [2.45, 2.75) is 39.7 Å². The van der Waals surface area contributed by atoms with Crippen LogP contribution in [-0.2, 0) is 9.53 Å². The fourth-order valence-corrected chi connectivity index (χ4v) is 3.91. The van der Waals surface area contributed by atoms with Gasteiger partial charge in [-0.1, -0.05) is 6.92 Å². The van der Waals surface area contributed by atoms with E-state index in [1.54, 1.807) is 0 Å². The molecule has 3 heterocycles. The molecule has 0 aromatic heterocycles. The summed E-state index contributed by atoms with van der Waals surface area (Å²) in [6, 6.07) is -0.0131. The molecule has 3 rings (SSSR count). The van der Waals surface area contributed by atoms with Crippen LogP contribution < -0.4 is 5.32 Å². The second kappa shape index (κ2) is 10.2. The number of hydrogen-bond acceptors (Lipinski definition) is 4. The zero-order chi connectivity index (χ0) is 18.6. The standard InChI is InChI=1S/C19H35N5O2.HI/c1-4-20-18(21-13-19(3)14-26-15-19)24-11-9-22(10-12-24)16(2)17(25)23-7-5-6-8-23;/h16H,4-15H2,1-3H3,(H,20,21);1H. The number of nitrogens with zero attached hydrogens (tertiary/aromatic N) is 4. The fourth-order valence-electron chi connectivity index (χ4n) is 3.91. The second-order valence-electron chi connectivity index (χ2n) is 8.21. The molecule has 8 heteroatoms. The number of guanidine groups is 1. The SMILES string of the molecule is CCNC(=NCC1(C)COC1)N1CCN(C(C)C(=O)N2CCCC2)CC1.I. The van der Waals surface area contributed by atoms with Crippen LogP contribution >= 0.6 is 24.0 Å². The van der Waals surface area contributed by atoms with Gasteiger partial charge in [-0.15, -0.1) is 24.0 Å². The quantitative estimate of drug-likeness (QED) is 0.355. The van der Waals surface area contributed by atoms with Crippen molar-refractivity contribution in [2.75, 3.05) is 65.6 Å². The van der Waals surface area contributed by atoms with Crippen LogP contribution in [0.5, 0.6) is 0 Å². The number of carbonyl (C=O) groups excluding carboxylic acids is 1. The van der Waals surface area contributed by atoms with Crippen LogP contribution in [0.25, 0.3) is 0 Å². The Hall–Kier alpha value is -0.610. The zero-order valence-corrected chi connectivity index (χ0v) is 19.4. The minimum atomic E-state index is -0.0131. The number of carbonyl (C=O) groups is 1. The molecule has 0 aliphatic carbocycles. The molecule has 3 fully saturated rings. The molecule has 0 saturated carbocycles. The number of nitrogens with one attached hydrogen (secondary N) is 1. The summed E-state index contributed by atoms with van der Waals surface area (Å²) in [6.07, 6.45) is 2.30. The Kier molecular flexibility index (Phi) is 8.61. The first kappa shape index (κ1) is 22.7. The number of piperazine rings is 1. The van der Waals surface area contributed by atoms with E-state index in [1.807, 2.05) is 4.90 Å². The van der Waals surface area contributed by atoms with Gasteiger partial charge >= 0.3 is 0 Å². The van der Waals surface area contributed by atoms with Crippen LogP contribution in [0, 0.1) is 5.41 Å². The van der Waals surface area contributed by atoms with Gasteiger partial charge in [-0.2, -0.15) is 0 Å². The van der Waals surface area contributed by atoms with Crippen LogP contribution in [0.2, 0.25) is 0 Å². The summed E-state index contributed by atoms with van der Waals surface area (Å²) in [6.45, 7) is 15.2. The molecule has 1 N–H and O–H groups in total. The van der Waals surface area contributed by atoms with Crippen LogP contribution in [0.4, 0.5) is 0 Å². The third-order valence-corrected chi connectivity index (χ3v) is 5.78. The lowest BCUT2D eigenvalue weighted by atomic mass is 9.89. The predicted molar refractivity (Wildman–Crippen MR) is 119 cm³/mol. The molecule has 1 atom stereocenters. The monoisotopic (exact) mass is 493 g/mol. The van der Waals surface area contributed by atoms with E-state index in [4.69, 9.17) is 9.73 Å². The molecular weight excluding hydrogens is 457 g/mol. The first-order chi connectivity index (χ1) is 12.5. The van der Waals surface area contributed by atoms with Gasteiger partial charge in [-0.25, -0.2) is 0 Å². The number of halogens is 1. The molecule has 1 amide bonds. The Balaban J connectivity index is 0.00000261. The largest absolute Gasteiger partial charge is 0.380 e. The third-order valence-electron chi connectivity index (χ3n) is 5.78. The molecule has 1 unspecified atom stereocenters. The number of rotatable bonds is 5. The van der Waals surface area contributed by atoms with Crippen molar-refractivity contribution >= 4 is 35.8 Å². The first-order valence-corrected chi connectivity index (χ1v) is 10.2. The minimum Gasteiger partial charge on any atom is -0.380 e. The van der Waals surface area contributed by atoms with Crippen molar-refractivity contribution in [1.29, 1.82) is 0 Å². The smallest absolute Gasteiger partial charge is 0.239 e. The molecule has 3 saturated heterocycles. The molecule has 3 aliphatic heterocycles. The Labute approximate surface area is 180 Å². The summed E-state index contributed by atoms with van der Waals surface area (Å²) in [5, 5.41) is 3.43. The van der Waals surface area contributed by atoms with Gasteiger partial charge in [0, 0.05) is 51.2 Å². The first-order valence-electron chi connectivity index (χ1n) is 10.2. The maximum Gasteiger partial charge on any atom is 0.239 e. The highest BCUT2D eigenvalue weighted by molar-refractivity contribution is 14.0. The highest BCUT2D eigenvalue weighted by Crippen LogP contribution is 2.26. The Morgan fingerprint density at radius 1 is 1.11 bits per heavy atom. The van der Waals surface area contributed by atoms with E-state index in [2.05, 4.69) is 35.9 Å². The summed E-state index contributed by atoms with van der Waals surface area (Å²) >= 11 is 0. The van der Waals surface area contributed by atoms with Gasteiger partial charge in [0.2, 0.25) is 5.91 Å². The average Bonchev–Trinajstić information content (AvgIpc) is 3.17. The number of amides is 1. The van der Waals surface area contributed by atoms with Crippen molar-refractivity contribution in [3.8, 4) is 0 Å². The third kappa shape index (κ3) is 5.69. The fraction of sp³-hybridized carbons (Fsp3) is 0.895. The van der Waals surface area contributed by atoms with Gasteiger partial charge in [0.15, 0.2) is 5.96 Å². The molecule has 156 valence electrons. The Bertz CT molecular complexity index is 512. The van der Waals surface area contributed by atoms with E-state index in [1.165, 1.54) is 0 Å². The zero-order valence-electron chi connectivity index (χ0n) is 17.1. The van der Waals surface area contributed by atoms with Crippen LogP contribution in [0.1, 0.15) is 33.6 Å². The maximum atomic E-state index is 12.6. The molecule has 0 aromatic rings. The molecule has 0 spiro atoms. The van der Waals surface area contributed by atoms with Crippen molar-refractivity contribution in [1.82, 2.24) is 20.0 Å². The molecule has 0 bridgehead atoms. The van der Waals surface area contributed by atoms with Gasteiger partial charge < -0.3 is 19.9 Å². The van der Waals surface area contributed by atoms with Gasteiger partial charge in [0.05, 0.1) is 25.8 Å². The van der Waals surface area contributed by atoms with E-state index < -0.39 is 0 Å². The van der Waals surface area contributed by atoms with Crippen molar-refractivity contribution in [3.05, 3.63) is 0 Å². The normalized spacial score (nSPS) is 24.2. The summed E-state index contributed by atoms with van der Waals surface area (Å²) in [7, 11) is 0. The number of hydrogen-bond donors (Lipinski definition) is 1. The molecule has 27 heavy (non-hydrogen) atoms.